The Morgan fingerprint density at radius 3 is 2.81 bits per heavy atom. The molecule has 0 bridgehead atoms. The molecule has 16 heavy (non-hydrogen) atoms. The first kappa shape index (κ1) is 13.5. The Bertz CT molecular complexity index is 343. The molecule has 1 saturated heterocycles. The van der Waals surface area contributed by atoms with Crippen LogP contribution in [0.15, 0.2) is 0 Å². The molecule has 0 spiro atoms. The molecule has 1 aliphatic heterocycles. The highest BCUT2D eigenvalue weighted by Crippen LogP contribution is 2.24. The SMILES string of the molecule is C#CCCC(CC1CCS(=O)(=O)C1)NCC. The molecule has 0 aliphatic carbocycles. The number of rotatable bonds is 6. The molecule has 0 radical (unpaired) electrons. The zero-order chi connectivity index (χ0) is 12.0. The summed E-state index contributed by atoms with van der Waals surface area (Å²) >= 11 is 0. The van der Waals surface area contributed by atoms with Crippen LogP contribution in [0.3, 0.4) is 0 Å². The molecule has 0 aromatic carbocycles. The first-order valence-electron chi connectivity index (χ1n) is 5.94. The lowest BCUT2D eigenvalue weighted by Crippen LogP contribution is -2.31. The molecule has 3 nitrogen and oxygen atoms in total. The maximum absolute atomic E-state index is 11.3. The average Bonchev–Trinajstić information content (AvgIpc) is 2.55. The van der Waals surface area contributed by atoms with Gasteiger partial charge >= 0.3 is 0 Å². The zero-order valence-corrected chi connectivity index (χ0v) is 10.7. The van der Waals surface area contributed by atoms with E-state index in [1.165, 1.54) is 0 Å². The molecule has 1 fully saturated rings. The predicted octanol–water partition coefficient (Wildman–Crippen LogP) is 1.20. The second-order valence-electron chi connectivity index (χ2n) is 4.50. The van der Waals surface area contributed by atoms with Gasteiger partial charge in [-0.3, -0.25) is 0 Å². The molecular weight excluding hydrogens is 222 g/mol. The Balaban J connectivity index is 2.40. The van der Waals surface area contributed by atoms with E-state index >= 15 is 0 Å². The van der Waals surface area contributed by atoms with E-state index in [0.717, 1.165) is 32.2 Å². The molecule has 4 heteroatoms. The highest BCUT2D eigenvalue weighted by atomic mass is 32.2. The van der Waals surface area contributed by atoms with E-state index in [9.17, 15) is 8.42 Å². The molecule has 1 aliphatic rings. The van der Waals surface area contributed by atoms with E-state index < -0.39 is 9.84 Å². The van der Waals surface area contributed by atoms with Crippen molar-refractivity contribution in [3.8, 4) is 12.3 Å². The summed E-state index contributed by atoms with van der Waals surface area (Å²) in [6.45, 7) is 2.98. The number of hydrogen-bond acceptors (Lipinski definition) is 3. The third kappa shape index (κ3) is 4.54. The van der Waals surface area contributed by atoms with Gasteiger partial charge in [-0.25, -0.2) is 8.42 Å². The van der Waals surface area contributed by atoms with Gasteiger partial charge in [0.1, 0.15) is 0 Å². The van der Waals surface area contributed by atoms with Crippen molar-refractivity contribution < 1.29 is 8.42 Å². The van der Waals surface area contributed by atoms with Gasteiger partial charge in [-0.1, -0.05) is 6.92 Å². The summed E-state index contributed by atoms with van der Waals surface area (Å²) in [5.41, 5.74) is 0. The van der Waals surface area contributed by atoms with Crippen LogP contribution in [-0.4, -0.2) is 32.5 Å². The van der Waals surface area contributed by atoms with Crippen LogP contribution in [0, 0.1) is 18.3 Å². The molecule has 2 unspecified atom stereocenters. The van der Waals surface area contributed by atoms with Crippen LogP contribution in [0.5, 0.6) is 0 Å². The molecule has 2 atom stereocenters. The van der Waals surface area contributed by atoms with Crippen LogP contribution < -0.4 is 5.32 Å². The minimum Gasteiger partial charge on any atom is -0.314 e. The minimum absolute atomic E-state index is 0.326. The third-order valence-electron chi connectivity index (χ3n) is 3.07. The van der Waals surface area contributed by atoms with Gasteiger partial charge in [0, 0.05) is 12.5 Å². The van der Waals surface area contributed by atoms with Crippen molar-refractivity contribution in [2.75, 3.05) is 18.1 Å². The van der Waals surface area contributed by atoms with E-state index in [0.29, 0.717) is 23.5 Å². The number of hydrogen-bond donors (Lipinski definition) is 1. The van der Waals surface area contributed by atoms with E-state index in [2.05, 4.69) is 18.2 Å². The van der Waals surface area contributed by atoms with Gasteiger partial charge in [0.15, 0.2) is 9.84 Å². The molecule has 92 valence electrons. The normalized spacial score (nSPS) is 25.1. The zero-order valence-electron chi connectivity index (χ0n) is 9.91. The molecule has 1 rings (SSSR count). The van der Waals surface area contributed by atoms with Gasteiger partial charge in [0.05, 0.1) is 11.5 Å². The second kappa shape index (κ2) is 6.27. The van der Waals surface area contributed by atoms with Crippen LogP contribution in [0.4, 0.5) is 0 Å². The summed E-state index contributed by atoms with van der Waals surface area (Å²) < 4.78 is 22.7. The fourth-order valence-electron chi connectivity index (χ4n) is 2.31. The Labute approximate surface area is 98.9 Å². The summed E-state index contributed by atoms with van der Waals surface area (Å²) in [5, 5.41) is 3.38. The summed E-state index contributed by atoms with van der Waals surface area (Å²) in [7, 11) is -2.74. The molecular formula is C12H21NO2S. The van der Waals surface area contributed by atoms with Crippen LogP contribution in [0.1, 0.15) is 32.6 Å². The number of terminal acetylenes is 1. The van der Waals surface area contributed by atoms with E-state index in [-0.39, 0.29) is 0 Å². The van der Waals surface area contributed by atoms with Gasteiger partial charge in [-0.05, 0) is 31.7 Å². The first-order chi connectivity index (χ1) is 7.57. The van der Waals surface area contributed by atoms with Crippen LogP contribution in [0.2, 0.25) is 0 Å². The van der Waals surface area contributed by atoms with Crippen LogP contribution in [-0.2, 0) is 9.84 Å². The van der Waals surface area contributed by atoms with Crippen molar-refractivity contribution in [3.63, 3.8) is 0 Å². The predicted molar refractivity (Wildman–Crippen MR) is 66.9 cm³/mol. The van der Waals surface area contributed by atoms with Crippen molar-refractivity contribution in [2.45, 2.75) is 38.6 Å². The average molecular weight is 243 g/mol. The molecule has 0 saturated carbocycles. The van der Waals surface area contributed by atoms with Crippen molar-refractivity contribution in [2.24, 2.45) is 5.92 Å². The highest BCUT2D eigenvalue weighted by Gasteiger charge is 2.29. The number of sulfone groups is 1. The summed E-state index contributed by atoms with van der Waals surface area (Å²) in [4.78, 5) is 0. The Kier molecular flexibility index (Phi) is 5.30. The maximum atomic E-state index is 11.3. The molecule has 0 amide bonds. The fourth-order valence-corrected chi connectivity index (χ4v) is 4.19. The Hall–Kier alpha value is -0.530. The summed E-state index contributed by atoms with van der Waals surface area (Å²) in [5.74, 6) is 3.70. The smallest absolute Gasteiger partial charge is 0.150 e. The Morgan fingerprint density at radius 2 is 2.31 bits per heavy atom. The van der Waals surface area contributed by atoms with Gasteiger partial charge in [-0.2, -0.15) is 0 Å². The highest BCUT2D eigenvalue weighted by molar-refractivity contribution is 7.91. The van der Waals surface area contributed by atoms with E-state index in [4.69, 9.17) is 6.42 Å². The van der Waals surface area contributed by atoms with Gasteiger partial charge in [0.2, 0.25) is 0 Å². The largest absolute Gasteiger partial charge is 0.314 e. The number of nitrogens with one attached hydrogen (secondary N) is 1. The lowest BCUT2D eigenvalue weighted by Gasteiger charge is -2.19. The monoisotopic (exact) mass is 243 g/mol. The maximum Gasteiger partial charge on any atom is 0.150 e. The lowest BCUT2D eigenvalue weighted by molar-refractivity contribution is 0.396. The van der Waals surface area contributed by atoms with Crippen molar-refractivity contribution >= 4 is 9.84 Å². The van der Waals surface area contributed by atoms with Crippen molar-refractivity contribution in [3.05, 3.63) is 0 Å². The quantitative estimate of drug-likeness (QED) is 0.713. The summed E-state index contributed by atoms with van der Waals surface area (Å²) in [6, 6.07) is 0.374. The van der Waals surface area contributed by atoms with Gasteiger partial charge in [0.25, 0.3) is 0 Å². The molecule has 1 heterocycles. The molecule has 1 N–H and O–H groups in total. The Morgan fingerprint density at radius 1 is 1.56 bits per heavy atom. The van der Waals surface area contributed by atoms with Gasteiger partial charge in [-0.15, -0.1) is 12.3 Å². The minimum atomic E-state index is -2.74. The lowest BCUT2D eigenvalue weighted by atomic mass is 9.96. The van der Waals surface area contributed by atoms with E-state index in [1.54, 1.807) is 0 Å². The molecule has 0 aromatic heterocycles. The van der Waals surface area contributed by atoms with Crippen molar-refractivity contribution in [1.82, 2.24) is 5.32 Å². The first-order valence-corrected chi connectivity index (χ1v) is 7.76. The van der Waals surface area contributed by atoms with Crippen LogP contribution >= 0.6 is 0 Å². The third-order valence-corrected chi connectivity index (χ3v) is 4.91. The molecule has 0 aromatic rings. The van der Waals surface area contributed by atoms with Gasteiger partial charge < -0.3 is 5.32 Å². The van der Waals surface area contributed by atoms with E-state index in [1.807, 2.05) is 0 Å². The fraction of sp³-hybridized carbons (Fsp3) is 0.833. The second-order valence-corrected chi connectivity index (χ2v) is 6.73. The van der Waals surface area contributed by atoms with Crippen LogP contribution in [0.25, 0.3) is 0 Å². The topological polar surface area (TPSA) is 46.2 Å². The van der Waals surface area contributed by atoms with Crippen molar-refractivity contribution in [1.29, 1.82) is 0 Å². The summed E-state index contributed by atoms with van der Waals surface area (Å²) in [6.07, 6.45) is 8.72. The standard InChI is InChI=1S/C12H21NO2S/c1-3-5-6-12(13-4-2)9-11-7-8-16(14,15)10-11/h1,11-13H,4-10H2,2H3.